The highest BCUT2D eigenvalue weighted by Crippen LogP contribution is 2.30. The number of carbonyl (C=O) groups excluding carboxylic acids is 3. The second-order valence-electron chi connectivity index (χ2n) is 7.98. The third-order valence-electron chi connectivity index (χ3n) is 5.88. The molecule has 2 fully saturated rings. The van der Waals surface area contributed by atoms with E-state index < -0.39 is 17.8 Å². The van der Waals surface area contributed by atoms with Crippen molar-refractivity contribution in [2.75, 3.05) is 18.5 Å². The number of nitrogens with one attached hydrogen (secondary N) is 1. The highest BCUT2D eigenvalue weighted by molar-refractivity contribution is 5.94. The Morgan fingerprint density at radius 3 is 2.33 bits per heavy atom. The maximum atomic E-state index is 12.3. The van der Waals surface area contributed by atoms with E-state index in [1.807, 2.05) is 59.5 Å². The molecule has 2 aliphatic rings. The Balaban J connectivity index is 1.24. The number of hydrogen-bond acceptors (Lipinski definition) is 4. The lowest BCUT2D eigenvalue weighted by Crippen LogP contribution is -2.35. The molecular weight excluding hydrogens is 380 g/mol. The Kier molecular flexibility index (Phi) is 6.12. The summed E-state index contributed by atoms with van der Waals surface area (Å²) in [4.78, 5) is 38.5. The Morgan fingerprint density at radius 1 is 0.967 bits per heavy atom. The minimum Gasteiger partial charge on any atom is -0.455 e. The second-order valence-corrected chi connectivity index (χ2v) is 7.98. The number of anilines is 1. The van der Waals surface area contributed by atoms with Gasteiger partial charge in [0.2, 0.25) is 5.91 Å². The zero-order valence-electron chi connectivity index (χ0n) is 16.9. The summed E-state index contributed by atoms with van der Waals surface area (Å²) in [6.07, 6.45) is 4.47. The van der Waals surface area contributed by atoms with E-state index in [2.05, 4.69) is 5.32 Å². The summed E-state index contributed by atoms with van der Waals surface area (Å²) in [5, 5.41) is 2.74. The molecule has 1 saturated heterocycles. The second kappa shape index (κ2) is 9.11. The molecule has 0 radical (unpaired) electrons. The van der Waals surface area contributed by atoms with Crippen molar-refractivity contribution in [3.05, 3.63) is 54.6 Å². The number of amides is 2. The van der Waals surface area contributed by atoms with Gasteiger partial charge in [0.05, 0.1) is 5.92 Å². The van der Waals surface area contributed by atoms with Gasteiger partial charge in [-0.15, -0.1) is 0 Å². The van der Waals surface area contributed by atoms with Crippen LogP contribution in [0.1, 0.15) is 32.1 Å². The van der Waals surface area contributed by atoms with E-state index in [9.17, 15) is 14.4 Å². The quantitative estimate of drug-likeness (QED) is 0.744. The lowest BCUT2D eigenvalue weighted by Gasteiger charge is -2.23. The topological polar surface area (TPSA) is 75.7 Å². The smallest absolute Gasteiger partial charge is 0.311 e. The Hall–Kier alpha value is -3.15. The molecule has 6 heteroatoms. The van der Waals surface area contributed by atoms with Crippen molar-refractivity contribution >= 4 is 23.5 Å². The molecule has 156 valence electrons. The number of esters is 1. The van der Waals surface area contributed by atoms with E-state index in [1.165, 1.54) is 0 Å². The Morgan fingerprint density at radius 2 is 1.63 bits per heavy atom. The Bertz CT molecular complexity index is 905. The zero-order valence-corrected chi connectivity index (χ0v) is 16.9. The summed E-state index contributed by atoms with van der Waals surface area (Å²) in [6.45, 7) is 0.0539. The average molecular weight is 406 g/mol. The molecule has 1 saturated carbocycles. The largest absolute Gasteiger partial charge is 0.455 e. The van der Waals surface area contributed by atoms with Crippen LogP contribution >= 0.6 is 0 Å². The predicted molar refractivity (Wildman–Crippen MR) is 114 cm³/mol. The van der Waals surface area contributed by atoms with E-state index in [4.69, 9.17) is 4.74 Å². The van der Waals surface area contributed by atoms with Gasteiger partial charge in [0, 0.05) is 24.7 Å². The van der Waals surface area contributed by atoms with Gasteiger partial charge in [0.25, 0.3) is 5.91 Å². The fourth-order valence-electron chi connectivity index (χ4n) is 4.29. The minimum atomic E-state index is -0.476. The fraction of sp³-hybridized carbons (Fsp3) is 0.375. The first-order valence-corrected chi connectivity index (χ1v) is 10.5. The third-order valence-corrected chi connectivity index (χ3v) is 5.88. The molecule has 2 aromatic carbocycles. The van der Waals surface area contributed by atoms with E-state index >= 15 is 0 Å². The van der Waals surface area contributed by atoms with Crippen LogP contribution in [0.25, 0.3) is 11.1 Å². The summed E-state index contributed by atoms with van der Waals surface area (Å²) in [6, 6.07) is 17.7. The first-order chi connectivity index (χ1) is 14.6. The summed E-state index contributed by atoms with van der Waals surface area (Å²) >= 11 is 0. The molecule has 4 rings (SSSR count). The van der Waals surface area contributed by atoms with Crippen molar-refractivity contribution in [1.29, 1.82) is 0 Å². The van der Waals surface area contributed by atoms with Gasteiger partial charge in [-0.05, 0) is 36.1 Å². The van der Waals surface area contributed by atoms with Crippen LogP contribution in [0.5, 0.6) is 0 Å². The van der Waals surface area contributed by atoms with Gasteiger partial charge < -0.3 is 15.0 Å². The highest BCUT2D eigenvalue weighted by atomic mass is 16.5. The van der Waals surface area contributed by atoms with Crippen LogP contribution in [0.4, 0.5) is 5.69 Å². The summed E-state index contributed by atoms with van der Waals surface area (Å²) in [5.41, 5.74) is 2.79. The monoisotopic (exact) mass is 406 g/mol. The number of rotatable bonds is 6. The predicted octanol–water partition coefficient (Wildman–Crippen LogP) is 3.63. The standard InChI is InChI=1S/C24H26N2O4/c27-22(25-20-12-10-18(11-13-20)17-6-2-1-3-7-17)16-30-24(29)19-14-23(28)26(15-19)21-8-4-5-9-21/h1-3,6-7,10-13,19,21H,4-5,8-9,14-16H2,(H,25,27)/t19-/m0/s1. The molecular formula is C24H26N2O4. The molecule has 0 aromatic heterocycles. The van der Waals surface area contributed by atoms with Crippen molar-refractivity contribution in [3.8, 4) is 11.1 Å². The fourth-order valence-corrected chi connectivity index (χ4v) is 4.29. The number of likely N-dealkylation sites (tertiary alicyclic amines) is 1. The maximum absolute atomic E-state index is 12.3. The number of ether oxygens (including phenoxy) is 1. The molecule has 2 aromatic rings. The number of benzene rings is 2. The van der Waals surface area contributed by atoms with Crippen LogP contribution in [0, 0.1) is 5.92 Å². The molecule has 1 aliphatic carbocycles. The van der Waals surface area contributed by atoms with Gasteiger partial charge in [-0.25, -0.2) is 0 Å². The van der Waals surface area contributed by atoms with Crippen LogP contribution in [0.3, 0.4) is 0 Å². The first-order valence-electron chi connectivity index (χ1n) is 10.5. The number of carbonyl (C=O) groups is 3. The molecule has 0 spiro atoms. The van der Waals surface area contributed by atoms with Crippen LogP contribution in [0.15, 0.2) is 54.6 Å². The van der Waals surface area contributed by atoms with Crippen molar-refractivity contribution in [3.63, 3.8) is 0 Å². The molecule has 2 amide bonds. The molecule has 1 heterocycles. The minimum absolute atomic E-state index is 0.0202. The van der Waals surface area contributed by atoms with E-state index in [-0.39, 0.29) is 25.0 Å². The van der Waals surface area contributed by atoms with E-state index in [0.717, 1.165) is 36.8 Å². The van der Waals surface area contributed by atoms with Gasteiger partial charge in [0.15, 0.2) is 6.61 Å². The molecule has 0 bridgehead atoms. The molecule has 1 N–H and O–H groups in total. The molecule has 6 nitrogen and oxygen atoms in total. The van der Waals surface area contributed by atoms with E-state index in [1.54, 1.807) is 0 Å². The lowest BCUT2D eigenvalue weighted by atomic mass is 10.1. The van der Waals surface area contributed by atoms with Gasteiger partial charge in [0.1, 0.15) is 0 Å². The first kappa shape index (κ1) is 20.1. The lowest BCUT2D eigenvalue weighted by molar-refractivity contribution is -0.151. The van der Waals surface area contributed by atoms with Crippen molar-refractivity contribution < 1.29 is 19.1 Å². The molecule has 1 aliphatic heterocycles. The summed E-state index contributed by atoms with van der Waals surface area (Å²) < 4.78 is 5.18. The maximum Gasteiger partial charge on any atom is 0.311 e. The van der Waals surface area contributed by atoms with Crippen LogP contribution in [-0.4, -0.2) is 41.9 Å². The molecule has 0 unspecified atom stereocenters. The van der Waals surface area contributed by atoms with Crippen molar-refractivity contribution in [2.24, 2.45) is 5.92 Å². The number of hydrogen-bond donors (Lipinski definition) is 1. The molecule has 1 atom stereocenters. The van der Waals surface area contributed by atoms with Crippen molar-refractivity contribution in [2.45, 2.75) is 38.1 Å². The SMILES string of the molecule is O=C(COC(=O)[C@H]1CC(=O)N(C2CCCC2)C1)Nc1ccc(-c2ccccc2)cc1. The normalized spacial score (nSPS) is 19.1. The highest BCUT2D eigenvalue weighted by Gasteiger charge is 2.39. The van der Waals surface area contributed by atoms with Crippen LogP contribution in [-0.2, 0) is 19.1 Å². The Labute approximate surface area is 176 Å². The van der Waals surface area contributed by atoms with Gasteiger partial charge >= 0.3 is 5.97 Å². The molecule has 30 heavy (non-hydrogen) atoms. The van der Waals surface area contributed by atoms with Gasteiger partial charge in [-0.2, -0.15) is 0 Å². The average Bonchev–Trinajstić information content (AvgIpc) is 3.43. The van der Waals surface area contributed by atoms with Gasteiger partial charge in [-0.3, -0.25) is 14.4 Å². The van der Waals surface area contributed by atoms with Crippen LogP contribution < -0.4 is 5.32 Å². The summed E-state index contributed by atoms with van der Waals surface area (Å²) in [5.74, 6) is -1.32. The van der Waals surface area contributed by atoms with Gasteiger partial charge in [-0.1, -0.05) is 55.3 Å². The van der Waals surface area contributed by atoms with Crippen molar-refractivity contribution in [1.82, 2.24) is 4.90 Å². The zero-order chi connectivity index (χ0) is 20.9. The summed E-state index contributed by atoms with van der Waals surface area (Å²) in [7, 11) is 0. The number of nitrogens with zero attached hydrogens (tertiary/aromatic N) is 1. The van der Waals surface area contributed by atoms with Crippen LogP contribution in [0.2, 0.25) is 0 Å². The van der Waals surface area contributed by atoms with E-state index in [0.29, 0.717) is 12.2 Å². The third kappa shape index (κ3) is 4.70.